The van der Waals surface area contributed by atoms with E-state index in [2.05, 4.69) is 31.4 Å². The van der Waals surface area contributed by atoms with Crippen LogP contribution in [0.3, 0.4) is 0 Å². The Bertz CT molecular complexity index is 839. The Morgan fingerprint density at radius 1 is 0.925 bits per heavy atom. The monoisotopic (exact) mass is 561 g/mol. The Labute approximate surface area is 243 Å². The molecule has 4 fully saturated rings. The van der Waals surface area contributed by atoms with E-state index in [1.54, 1.807) is 0 Å². The van der Waals surface area contributed by atoms with Crippen molar-refractivity contribution in [1.29, 1.82) is 0 Å². The summed E-state index contributed by atoms with van der Waals surface area (Å²) in [6, 6.07) is 0. The maximum atomic E-state index is 12.5. The maximum absolute atomic E-state index is 12.5. The average molecular weight is 562 g/mol. The topological polar surface area (TPSA) is 103 Å². The fourth-order valence-electron chi connectivity index (χ4n) is 10.1. The van der Waals surface area contributed by atoms with Crippen LogP contribution in [0.25, 0.3) is 0 Å². The minimum Gasteiger partial charge on any atom is -0.469 e. The number of hydrogen-bond acceptors (Lipinski definition) is 6. The first-order valence-corrected chi connectivity index (χ1v) is 16.6. The quantitative estimate of drug-likeness (QED) is 0.187. The summed E-state index contributed by atoms with van der Waals surface area (Å²) in [4.78, 5) is 24.3. The lowest BCUT2D eigenvalue weighted by molar-refractivity contribution is -0.141. The van der Waals surface area contributed by atoms with Crippen LogP contribution in [0, 0.1) is 46.3 Å². The minimum absolute atomic E-state index is 0.0629. The van der Waals surface area contributed by atoms with Crippen LogP contribution in [0.2, 0.25) is 0 Å². The highest BCUT2D eigenvalue weighted by molar-refractivity contribution is 5.69. The van der Waals surface area contributed by atoms with E-state index in [0.29, 0.717) is 35.6 Å². The van der Waals surface area contributed by atoms with Gasteiger partial charge >= 0.3 is 12.1 Å². The number of alkyl carbamates (subject to hydrolysis) is 1. The lowest BCUT2D eigenvalue weighted by Crippen LogP contribution is -2.54. The molecule has 0 heterocycles. The number of carbonyl (C=O) groups excluding carboxylic acids is 2. The number of ether oxygens (including phenoxy) is 2. The predicted molar refractivity (Wildman–Crippen MR) is 160 cm³/mol. The Morgan fingerprint density at radius 2 is 1.65 bits per heavy atom. The van der Waals surface area contributed by atoms with Crippen LogP contribution in [0.15, 0.2) is 0 Å². The molecule has 9 atom stereocenters. The number of methoxy groups -OCH3 is 1. The van der Waals surface area contributed by atoms with Crippen LogP contribution in [0.1, 0.15) is 111 Å². The number of nitrogens with one attached hydrogen (secondary N) is 2. The normalized spacial score (nSPS) is 37.5. The summed E-state index contributed by atoms with van der Waals surface area (Å²) < 4.78 is 10.9. The first-order chi connectivity index (χ1) is 19.2. The van der Waals surface area contributed by atoms with Gasteiger partial charge in [0.25, 0.3) is 0 Å². The van der Waals surface area contributed by atoms with Crippen LogP contribution in [0.5, 0.6) is 0 Å². The summed E-state index contributed by atoms with van der Waals surface area (Å²) in [5.41, 5.74) is 6.31. The first kappa shape index (κ1) is 31.6. The summed E-state index contributed by atoms with van der Waals surface area (Å²) in [5.74, 6) is 4.37. The third-order valence-corrected chi connectivity index (χ3v) is 12.3. The molecule has 0 aromatic heterocycles. The number of esters is 1. The number of carbonyl (C=O) groups is 2. The van der Waals surface area contributed by atoms with Gasteiger partial charge in [0.05, 0.1) is 7.11 Å². The summed E-state index contributed by atoms with van der Waals surface area (Å²) in [6.45, 7) is 10.9. The lowest BCUT2D eigenvalue weighted by Gasteiger charge is -2.61. The third kappa shape index (κ3) is 6.99. The molecule has 230 valence electrons. The van der Waals surface area contributed by atoms with E-state index in [1.807, 2.05) is 0 Å². The standard InChI is InChI=1S/C33H59N3O4/c1-23(8-13-30(37)39-4)27-11-12-28-26-10-9-24-22-25(14-16-32(24,2)29(26)15-17-33(27,28)3)40-31(38)36-21-6-5-19-35-20-7-18-34/h23-29,35H,5-22,34H2,1-4H3,(H,36,38)/t23-,24?,25-,26+,27-,28+,29+,32+,33-/m1/s1. The molecule has 7 heteroatoms. The van der Waals surface area contributed by atoms with Gasteiger partial charge in [-0.2, -0.15) is 0 Å². The molecule has 1 unspecified atom stereocenters. The zero-order chi connectivity index (χ0) is 28.8. The maximum Gasteiger partial charge on any atom is 0.407 e. The molecule has 1 amide bonds. The van der Waals surface area contributed by atoms with Crippen molar-refractivity contribution in [2.75, 3.05) is 33.3 Å². The van der Waals surface area contributed by atoms with Gasteiger partial charge in [0.2, 0.25) is 0 Å². The average Bonchev–Trinajstić information content (AvgIpc) is 3.30. The summed E-state index contributed by atoms with van der Waals surface area (Å²) in [5, 5.41) is 6.37. The third-order valence-electron chi connectivity index (χ3n) is 12.3. The van der Waals surface area contributed by atoms with Crippen molar-refractivity contribution in [2.24, 2.45) is 52.1 Å². The molecule has 0 aromatic carbocycles. The Kier molecular flexibility index (Phi) is 11.2. The SMILES string of the molecule is COC(=O)CC[C@@H](C)[C@H]1CC[C@H]2[C@@H]3CCC4C[C@H](OC(=O)NCCCCNCCCN)CC[C@]4(C)[C@H]3CC[C@]12C. The van der Waals surface area contributed by atoms with Gasteiger partial charge in [-0.3, -0.25) is 4.79 Å². The van der Waals surface area contributed by atoms with Crippen molar-refractivity contribution >= 4 is 12.1 Å². The van der Waals surface area contributed by atoms with Crippen molar-refractivity contribution in [3.8, 4) is 0 Å². The molecule has 0 aliphatic heterocycles. The predicted octanol–water partition coefficient (Wildman–Crippen LogP) is 6.05. The highest BCUT2D eigenvalue weighted by atomic mass is 16.6. The summed E-state index contributed by atoms with van der Waals surface area (Å²) in [7, 11) is 1.50. The van der Waals surface area contributed by atoms with E-state index in [0.717, 1.165) is 81.8 Å². The molecule has 40 heavy (non-hydrogen) atoms. The second-order valence-corrected chi connectivity index (χ2v) is 14.3. The van der Waals surface area contributed by atoms with Gasteiger partial charge in [0.1, 0.15) is 6.10 Å². The van der Waals surface area contributed by atoms with Gasteiger partial charge < -0.3 is 25.8 Å². The molecule has 4 aliphatic rings. The number of unbranched alkanes of at least 4 members (excludes halogenated alkanes) is 1. The van der Waals surface area contributed by atoms with Crippen LogP contribution >= 0.6 is 0 Å². The molecule has 0 spiro atoms. The molecule has 4 aliphatic carbocycles. The van der Waals surface area contributed by atoms with E-state index in [9.17, 15) is 9.59 Å². The molecule has 0 aromatic rings. The van der Waals surface area contributed by atoms with Crippen molar-refractivity contribution in [2.45, 2.75) is 117 Å². The highest BCUT2D eigenvalue weighted by Gasteiger charge is 2.60. The zero-order valence-corrected chi connectivity index (χ0v) is 26.0. The second-order valence-electron chi connectivity index (χ2n) is 14.3. The Hall–Kier alpha value is -1.34. The summed E-state index contributed by atoms with van der Waals surface area (Å²) in [6.07, 6.45) is 15.6. The Morgan fingerprint density at radius 3 is 2.42 bits per heavy atom. The molecular weight excluding hydrogens is 502 g/mol. The van der Waals surface area contributed by atoms with Crippen LogP contribution in [-0.2, 0) is 14.3 Å². The van der Waals surface area contributed by atoms with Crippen molar-refractivity contribution in [3.05, 3.63) is 0 Å². The van der Waals surface area contributed by atoms with Crippen molar-refractivity contribution < 1.29 is 19.1 Å². The van der Waals surface area contributed by atoms with E-state index >= 15 is 0 Å². The second kappa shape index (κ2) is 14.2. The van der Waals surface area contributed by atoms with Crippen LogP contribution < -0.4 is 16.4 Å². The van der Waals surface area contributed by atoms with E-state index in [1.165, 1.54) is 52.1 Å². The Balaban J connectivity index is 1.24. The fourth-order valence-corrected chi connectivity index (χ4v) is 10.1. The van der Waals surface area contributed by atoms with Crippen LogP contribution in [0.4, 0.5) is 4.79 Å². The molecule has 0 bridgehead atoms. The highest BCUT2D eigenvalue weighted by Crippen LogP contribution is 2.68. The number of hydrogen-bond donors (Lipinski definition) is 3. The molecule has 0 saturated heterocycles. The van der Waals surface area contributed by atoms with Crippen LogP contribution in [-0.4, -0.2) is 51.5 Å². The molecule has 4 N–H and O–H groups in total. The van der Waals surface area contributed by atoms with Gasteiger partial charge in [-0.1, -0.05) is 20.8 Å². The molecular formula is C33H59N3O4. The van der Waals surface area contributed by atoms with Gasteiger partial charge in [-0.05, 0) is 149 Å². The van der Waals surface area contributed by atoms with Gasteiger partial charge in [0.15, 0.2) is 0 Å². The van der Waals surface area contributed by atoms with Gasteiger partial charge in [-0.15, -0.1) is 0 Å². The number of rotatable bonds is 13. The molecule has 0 radical (unpaired) electrons. The molecule has 4 saturated carbocycles. The van der Waals surface area contributed by atoms with Crippen molar-refractivity contribution in [1.82, 2.24) is 10.6 Å². The number of fused-ring (bicyclic) bond motifs is 5. The molecule has 7 nitrogen and oxygen atoms in total. The first-order valence-electron chi connectivity index (χ1n) is 16.6. The van der Waals surface area contributed by atoms with Gasteiger partial charge in [-0.25, -0.2) is 4.79 Å². The van der Waals surface area contributed by atoms with E-state index < -0.39 is 0 Å². The minimum atomic E-state index is -0.231. The fraction of sp³-hybridized carbons (Fsp3) is 0.939. The number of amides is 1. The smallest absolute Gasteiger partial charge is 0.407 e. The zero-order valence-electron chi connectivity index (χ0n) is 26.0. The molecule has 4 rings (SSSR count). The number of nitrogens with two attached hydrogens (primary N) is 1. The van der Waals surface area contributed by atoms with E-state index in [-0.39, 0.29) is 18.2 Å². The van der Waals surface area contributed by atoms with Crippen molar-refractivity contribution in [3.63, 3.8) is 0 Å². The lowest BCUT2D eigenvalue weighted by atomic mass is 9.44. The largest absolute Gasteiger partial charge is 0.469 e. The van der Waals surface area contributed by atoms with E-state index in [4.69, 9.17) is 15.2 Å². The summed E-state index contributed by atoms with van der Waals surface area (Å²) >= 11 is 0. The van der Waals surface area contributed by atoms with Gasteiger partial charge in [0, 0.05) is 13.0 Å².